The zero-order chi connectivity index (χ0) is 20.1. The summed E-state index contributed by atoms with van der Waals surface area (Å²) in [5, 5.41) is 9.65. The summed E-state index contributed by atoms with van der Waals surface area (Å²) in [6.45, 7) is 1.93. The summed E-state index contributed by atoms with van der Waals surface area (Å²) >= 11 is 0. The van der Waals surface area contributed by atoms with E-state index in [1.54, 1.807) is 31.2 Å². The number of fused-ring (bicyclic) bond motifs is 2. The third kappa shape index (κ3) is 2.47. The Morgan fingerprint density at radius 3 is 2.54 bits per heavy atom. The molecule has 0 amide bonds. The van der Waals surface area contributed by atoms with E-state index in [1.165, 1.54) is 28.6 Å². The summed E-state index contributed by atoms with van der Waals surface area (Å²) in [7, 11) is -4.01. The number of halogens is 1. The number of rotatable bonds is 2. The van der Waals surface area contributed by atoms with Gasteiger partial charge in [-0.2, -0.15) is 5.26 Å². The molecule has 2 heterocycles. The lowest BCUT2D eigenvalue weighted by Gasteiger charge is -2.37. The molecule has 0 bridgehead atoms. The van der Waals surface area contributed by atoms with Gasteiger partial charge in [-0.25, -0.2) is 12.8 Å². The Balaban J connectivity index is 2.07. The van der Waals surface area contributed by atoms with Crippen LogP contribution in [0.15, 0.2) is 64.9 Å². The lowest BCUT2D eigenvalue weighted by molar-refractivity contribution is 0.357. The van der Waals surface area contributed by atoms with Gasteiger partial charge in [0.15, 0.2) is 5.76 Å². The van der Waals surface area contributed by atoms with Crippen molar-refractivity contribution in [2.24, 2.45) is 5.73 Å². The van der Waals surface area contributed by atoms with Crippen LogP contribution in [-0.2, 0) is 14.8 Å². The Bertz CT molecular complexity index is 1180. The molecule has 2 aromatic rings. The topological polar surface area (TPSA) is 96.4 Å². The summed E-state index contributed by atoms with van der Waals surface area (Å²) in [5.74, 6) is -1.51. The van der Waals surface area contributed by atoms with Crippen molar-refractivity contribution in [2.45, 2.75) is 12.8 Å². The van der Waals surface area contributed by atoms with Crippen molar-refractivity contribution in [1.82, 2.24) is 0 Å². The van der Waals surface area contributed by atoms with Crippen molar-refractivity contribution in [1.29, 1.82) is 5.26 Å². The number of nitrogens with zero attached hydrogens (tertiary/aromatic N) is 2. The molecule has 1 atom stereocenters. The van der Waals surface area contributed by atoms with Crippen LogP contribution in [0.5, 0.6) is 0 Å². The molecule has 6 nitrogen and oxygen atoms in total. The Hall–Kier alpha value is -3.31. The summed E-state index contributed by atoms with van der Waals surface area (Å²) in [6, 6.07) is 14.2. The minimum absolute atomic E-state index is 0.0237. The van der Waals surface area contributed by atoms with Gasteiger partial charge in [0.25, 0.3) is 10.0 Å². The van der Waals surface area contributed by atoms with Crippen molar-refractivity contribution >= 4 is 21.5 Å². The van der Waals surface area contributed by atoms with Crippen molar-refractivity contribution in [2.75, 3.05) is 10.8 Å². The van der Waals surface area contributed by atoms with Crippen molar-refractivity contribution in [3.05, 3.63) is 81.8 Å². The van der Waals surface area contributed by atoms with Crippen LogP contribution in [0.4, 0.5) is 10.1 Å². The van der Waals surface area contributed by atoms with Crippen molar-refractivity contribution < 1.29 is 17.5 Å². The molecule has 142 valence electrons. The van der Waals surface area contributed by atoms with E-state index in [9.17, 15) is 18.1 Å². The number of hydrogen-bond donors (Lipinski definition) is 1. The predicted octanol–water partition coefficient (Wildman–Crippen LogP) is 3.17. The van der Waals surface area contributed by atoms with Gasteiger partial charge in [-0.3, -0.25) is 4.31 Å². The molecule has 0 fully saturated rings. The SMILES string of the molecule is CCN1c2ccccc2C2=C([C@@H](c3ccc(F)cc3)C(C#N)=C(N)O2)S1(=O)=O. The summed E-state index contributed by atoms with van der Waals surface area (Å²) in [4.78, 5) is -0.0644. The first kappa shape index (κ1) is 18.1. The third-order valence-corrected chi connectivity index (χ3v) is 6.86. The van der Waals surface area contributed by atoms with E-state index in [0.29, 0.717) is 16.8 Å². The lowest BCUT2D eigenvalue weighted by Crippen LogP contribution is -2.39. The normalized spacial score (nSPS) is 20.2. The smallest absolute Gasteiger partial charge is 0.265 e. The molecule has 2 aromatic carbocycles. The highest BCUT2D eigenvalue weighted by atomic mass is 32.2. The highest BCUT2D eigenvalue weighted by Crippen LogP contribution is 2.50. The molecule has 0 aliphatic carbocycles. The number of ether oxygens (including phenoxy) is 1. The van der Waals surface area contributed by atoms with E-state index < -0.39 is 21.8 Å². The highest BCUT2D eigenvalue weighted by Gasteiger charge is 2.46. The first-order valence-corrected chi connectivity index (χ1v) is 10.0. The van der Waals surface area contributed by atoms with Gasteiger partial charge in [0.2, 0.25) is 5.88 Å². The van der Waals surface area contributed by atoms with Crippen LogP contribution in [-0.4, -0.2) is 15.0 Å². The fourth-order valence-corrected chi connectivity index (χ4v) is 5.57. The molecule has 0 spiro atoms. The number of nitriles is 1. The van der Waals surface area contributed by atoms with Gasteiger partial charge in [-0.1, -0.05) is 24.3 Å². The highest BCUT2D eigenvalue weighted by molar-refractivity contribution is 7.97. The van der Waals surface area contributed by atoms with E-state index in [0.717, 1.165) is 0 Å². The van der Waals surface area contributed by atoms with Crippen LogP contribution < -0.4 is 10.0 Å². The largest absolute Gasteiger partial charge is 0.439 e. The molecule has 8 heteroatoms. The second kappa shape index (κ2) is 6.39. The number of para-hydroxylation sites is 1. The Morgan fingerprint density at radius 2 is 1.89 bits per heavy atom. The fraction of sp³-hybridized carbons (Fsp3) is 0.150. The minimum atomic E-state index is -4.01. The number of anilines is 1. The number of hydrogen-bond acceptors (Lipinski definition) is 5. The zero-order valence-corrected chi connectivity index (χ0v) is 15.7. The van der Waals surface area contributed by atoms with Crippen molar-refractivity contribution in [3.8, 4) is 6.07 Å². The van der Waals surface area contributed by atoms with Crippen molar-refractivity contribution in [3.63, 3.8) is 0 Å². The number of nitrogens with two attached hydrogens (primary N) is 1. The second-order valence-corrected chi connectivity index (χ2v) is 8.19. The Morgan fingerprint density at radius 1 is 1.21 bits per heavy atom. The molecule has 0 radical (unpaired) electrons. The van der Waals surface area contributed by atoms with Crippen LogP contribution in [0.1, 0.15) is 24.0 Å². The summed E-state index contributed by atoms with van der Waals surface area (Å²) in [6.07, 6.45) is 0. The monoisotopic (exact) mass is 397 g/mol. The Kier molecular flexibility index (Phi) is 4.12. The molecular weight excluding hydrogens is 381 g/mol. The molecule has 4 rings (SSSR count). The van der Waals surface area contributed by atoms with E-state index in [4.69, 9.17) is 10.5 Å². The average molecular weight is 397 g/mol. The lowest BCUT2D eigenvalue weighted by atomic mass is 9.88. The van der Waals surface area contributed by atoms with E-state index >= 15 is 0 Å². The summed E-state index contributed by atoms with van der Waals surface area (Å²) in [5.41, 5.74) is 7.45. The van der Waals surface area contributed by atoms with E-state index in [-0.39, 0.29) is 28.7 Å². The molecule has 2 aliphatic heterocycles. The van der Waals surface area contributed by atoms with Gasteiger partial charge in [-0.05, 0) is 36.8 Å². The molecule has 0 saturated carbocycles. The maximum Gasteiger partial charge on any atom is 0.265 e. The quantitative estimate of drug-likeness (QED) is 0.840. The van der Waals surface area contributed by atoms with Gasteiger partial charge < -0.3 is 10.5 Å². The maximum atomic E-state index is 13.5. The van der Waals surface area contributed by atoms with Gasteiger partial charge >= 0.3 is 0 Å². The zero-order valence-electron chi connectivity index (χ0n) is 14.9. The van der Waals surface area contributed by atoms with Crippen LogP contribution in [0.3, 0.4) is 0 Å². The molecule has 0 unspecified atom stereocenters. The van der Waals surface area contributed by atoms with Crippen LogP contribution in [0.25, 0.3) is 5.76 Å². The Labute approximate surface area is 162 Å². The maximum absolute atomic E-state index is 13.5. The molecule has 0 aromatic heterocycles. The number of benzene rings is 2. The first-order valence-electron chi connectivity index (χ1n) is 8.59. The van der Waals surface area contributed by atoms with Crippen LogP contribution in [0, 0.1) is 17.1 Å². The second-order valence-electron chi connectivity index (χ2n) is 6.36. The third-order valence-electron chi connectivity index (χ3n) is 4.85. The minimum Gasteiger partial charge on any atom is -0.439 e. The number of sulfonamides is 1. The first-order chi connectivity index (χ1) is 13.4. The summed E-state index contributed by atoms with van der Waals surface area (Å²) < 4.78 is 47.4. The van der Waals surface area contributed by atoms with E-state index in [1.807, 2.05) is 6.07 Å². The van der Waals surface area contributed by atoms with Gasteiger partial charge in [0.1, 0.15) is 22.4 Å². The predicted molar refractivity (Wildman–Crippen MR) is 102 cm³/mol. The molecule has 28 heavy (non-hydrogen) atoms. The van der Waals surface area contributed by atoms with Crippen LogP contribution in [0.2, 0.25) is 0 Å². The molecule has 2 N–H and O–H groups in total. The van der Waals surface area contributed by atoms with Gasteiger partial charge in [0, 0.05) is 12.1 Å². The molecule has 2 aliphatic rings. The average Bonchev–Trinajstić information content (AvgIpc) is 2.68. The number of allylic oxidation sites excluding steroid dienone is 2. The van der Waals surface area contributed by atoms with Gasteiger partial charge in [0.05, 0.1) is 11.6 Å². The van der Waals surface area contributed by atoms with E-state index in [2.05, 4.69) is 0 Å². The molecular formula is C20H16FN3O3S. The van der Waals surface area contributed by atoms with Gasteiger partial charge in [-0.15, -0.1) is 0 Å². The standard InChI is InChI=1S/C20H16FN3O3S/c1-2-24-16-6-4-3-5-14(16)18-19(28(24,25)26)17(15(11-22)20(23)27-18)12-7-9-13(21)10-8-12/h3-10,17H,2,23H2,1H3/t17-/m0/s1. The van der Waals surface area contributed by atoms with Crippen LogP contribution >= 0.6 is 0 Å². The molecule has 0 saturated heterocycles. The fourth-order valence-electron chi connectivity index (χ4n) is 3.64.